The van der Waals surface area contributed by atoms with Gasteiger partial charge < -0.3 is 4.74 Å². The topological polar surface area (TPSA) is 92.8 Å². The van der Waals surface area contributed by atoms with E-state index in [2.05, 4.69) is 4.72 Å². The van der Waals surface area contributed by atoms with Crippen LogP contribution in [0.25, 0.3) is 0 Å². The molecule has 0 bridgehead atoms. The summed E-state index contributed by atoms with van der Waals surface area (Å²) in [5.74, 6) is -0.802. The fraction of sp³-hybridized carbons (Fsp3) is 0.391. The highest BCUT2D eigenvalue weighted by Gasteiger charge is 2.42. The van der Waals surface area contributed by atoms with Gasteiger partial charge in [-0.3, -0.25) is 4.79 Å². The first-order valence-electron chi connectivity index (χ1n) is 10.8. The highest BCUT2D eigenvalue weighted by molar-refractivity contribution is 7.89. The van der Waals surface area contributed by atoms with Crippen LogP contribution in [-0.4, -0.2) is 38.0 Å². The van der Waals surface area contributed by atoms with Crippen LogP contribution < -0.4 is 4.72 Å². The number of hydrogen-bond acceptors (Lipinski definition) is 5. The molecule has 34 heavy (non-hydrogen) atoms. The number of benzene rings is 2. The Morgan fingerprint density at radius 2 is 1.59 bits per heavy atom. The molecule has 0 aromatic heterocycles. The van der Waals surface area contributed by atoms with Gasteiger partial charge in [-0.05, 0) is 55.5 Å². The van der Waals surface area contributed by atoms with E-state index < -0.39 is 45.9 Å². The second-order valence-corrected chi connectivity index (χ2v) is 10.1. The number of cyclic esters (lactones) is 1. The van der Waals surface area contributed by atoms with Crippen LogP contribution in [0.4, 0.5) is 18.0 Å². The van der Waals surface area contributed by atoms with Gasteiger partial charge in [0.25, 0.3) is 0 Å². The average Bonchev–Trinajstić information content (AvgIpc) is 3.20. The van der Waals surface area contributed by atoms with Crippen molar-refractivity contribution in [1.82, 2.24) is 9.62 Å². The summed E-state index contributed by atoms with van der Waals surface area (Å²) >= 11 is 0. The number of halogens is 3. The minimum atomic E-state index is -4.55. The van der Waals surface area contributed by atoms with Gasteiger partial charge in [-0.15, -0.1) is 0 Å². The molecule has 4 rings (SSSR count). The van der Waals surface area contributed by atoms with Gasteiger partial charge in [-0.2, -0.15) is 13.2 Å². The Kier molecular flexibility index (Phi) is 6.68. The van der Waals surface area contributed by atoms with Crippen molar-refractivity contribution in [3.8, 4) is 0 Å². The van der Waals surface area contributed by atoms with Crippen molar-refractivity contribution >= 4 is 22.0 Å². The van der Waals surface area contributed by atoms with Crippen LogP contribution in [0.3, 0.4) is 0 Å². The molecule has 2 fully saturated rings. The number of rotatable bonds is 5. The van der Waals surface area contributed by atoms with Crippen molar-refractivity contribution in [2.24, 2.45) is 5.92 Å². The quantitative estimate of drug-likeness (QED) is 0.668. The summed E-state index contributed by atoms with van der Waals surface area (Å²) in [5.41, 5.74) is -0.139. The maximum atomic E-state index is 13.1. The third-order valence-corrected chi connectivity index (χ3v) is 7.72. The second-order valence-electron chi connectivity index (χ2n) is 8.40. The minimum absolute atomic E-state index is 0.0802. The lowest BCUT2D eigenvalue weighted by molar-refractivity contribution is -0.137. The number of nitrogens with zero attached hydrogens (tertiary/aromatic N) is 1. The van der Waals surface area contributed by atoms with E-state index in [1.165, 1.54) is 0 Å². The third kappa shape index (κ3) is 5.10. The van der Waals surface area contributed by atoms with Crippen molar-refractivity contribution < 1.29 is 35.9 Å². The molecule has 1 saturated heterocycles. The molecule has 2 aromatic carbocycles. The van der Waals surface area contributed by atoms with Crippen molar-refractivity contribution in [2.75, 3.05) is 6.61 Å². The number of sulfonamides is 1. The summed E-state index contributed by atoms with van der Waals surface area (Å²) in [4.78, 5) is 26.3. The van der Waals surface area contributed by atoms with Crippen molar-refractivity contribution in [2.45, 2.75) is 48.8 Å². The number of hydrogen-bond donors (Lipinski definition) is 1. The van der Waals surface area contributed by atoms with E-state index in [0.29, 0.717) is 25.7 Å². The monoisotopic (exact) mass is 496 g/mol. The summed E-state index contributed by atoms with van der Waals surface area (Å²) in [7, 11) is -4.02. The number of ether oxygens (including phenoxy) is 1. The van der Waals surface area contributed by atoms with E-state index in [4.69, 9.17) is 4.74 Å². The van der Waals surface area contributed by atoms with E-state index in [9.17, 15) is 31.2 Å². The lowest BCUT2D eigenvalue weighted by Crippen LogP contribution is -2.43. The Morgan fingerprint density at radius 1 is 0.971 bits per heavy atom. The number of carbonyl (C=O) groups is 2. The molecule has 182 valence electrons. The maximum Gasteiger partial charge on any atom is 0.417 e. The van der Waals surface area contributed by atoms with E-state index in [1.54, 1.807) is 0 Å². The number of nitrogens with one attached hydrogen (secondary N) is 1. The largest absolute Gasteiger partial charge is 0.446 e. The Morgan fingerprint density at radius 3 is 2.18 bits per heavy atom. The number of alkyl halides is 3. The Labute approximate surface area is 194 Å². The smallest absolute Gasteiger partial charge is 0.417 e. The Balaban J connectivity index is 1.37. The normalized spacial score (nSPS) is 23.6. The van der Waals surface area contributed by atoms with Gasteiger partial charge in [0, 0.05) is 12.0 Å². The van der Waals surface area contributed by atoms with Crippen LogP contribution in [-0.2, 0) is 25.7 Å². The van der Waals surface area contributed by atoms with Crippen LogP contribution in [0, 0.1) is 5.92 Å². The van der Waals surface area contributed by atoms with E-state index in [1.807, 2.05) is 30.3 Å². The molecule has 11 heteroatoms. The molecule has 0 unspecified atom stereocenters. The summed E-state index contributed by atoms with van der Waals surface area (Å²) < 4.78 is 71.0. The molecule has 1 N–H and O–H groups in total. The summed E-state index contributed by atoms with van der Waals surface area (Å²) in [5, 5.41) is 0. The van der Waals surface area contributed by atoms with Crippen molar-refractivity contribution in [3.05, 3.63) is 65.7 Å². The molecule has 7 nitrogen and oxygen atoms in total. The highest BCUT2D eigenvalue weighted by atomic mass is 32.2. The molecule has 1 aliphatic heterocycles. The summed E-state index contributed by atoms with van der Waals surface area (Å²) in [6.45, 7) is 0.0802. The van der Waals surface area contributed by atoms with Crippen LogP contribution in [0.1, 0.15) is 42.9 Å². The van der Waals surface area contributed by atoms with Crippen LogP contribution in [0.5, 0.6) is 0 Å². The first-order chi connectivity index (χ1) is 16.1. The Hall–Kier alpha value is -2.92. The number of amides is 2. The SMILES string of the molecule is O=C1OC[C@H](c2ccccc2)N1C(=O)C1CCC(NS(=O)(=O)c2ccc(C(F)(F)F)cc2)CC1. The van der Waals surface area contributed by atoms with Gasteiger partial charge in [-0.1, -0.05) is 30.3 Å². The van der Waals surface area contributed by atoms with Crippen molar-refractivity contribution in [1.29, 1.82) is 0 Å². The average molecular weight is 497 g/mol. The fourth-order valence-electron chi connectivity index (χ4n) is 4.35. The van der Waals surface area contributed by atoms with Crippen LogP contribution >= 0.6 is 0 Å². The highest BCUT2D eigenvalue weighted by Crippen LogP contribution is 2.34. The molecule has 2 aromatic rings. The van der Waals surface area contributed by atoms with E-state index in [-0.39, 0.29) is 17.4 Å². The molecular formula is C23H23F3N2O5S. The molecule has 1 saturated carbocycles. The van der Waals surface area contributed by atoms with E-state index in [0.717, 1.165) is 34.7 Å². The van der Waals surface area contributed by atoms with Gasteiger partial charge >= 0.3 is 12.3 Å². The van der Waals surface area contributed by atoms with Gasteiger partial charge in [0.1, 0.15) is 12.6 Å². The lowest BCUT2D eigenvalue weighted by Gasteiger charge is -2.31. The molecule has 2 aliphatic rings. The Bertz CT molecular complexity index is 1150. The number of carbonyl (C=O) groups excluding carboxylic acids is 2. The first-order valence-corrected chi connectivity index (χ1v) is 12.3. The van der Waals surface area contributed by atoms with Gasteiger partial charge in [0.2, 0.25) is 15.9 Å². The second kappa shape index (κ2) is 9.38. The van der Waals surface area contributed by atoms with Gasteiger partial charge in [-0.25, -0.2) is 22.8 Å². The molecule has 1 atom stereocenters. The van der Waals surface area contributed by atoms with Crippen LogP contribution in [0.2, 0.25) is 0 Å². The van der Waals surface area contributed by atoms with Gasteiger partial charge in [0.05, 0.1) is 10.5 Å². The zero-order valence-corrected chi connectivity index (χ0v) is 18.8. The first kappa shape index (κ1) is 24.2. The molecule has 0 radical (unpaired) electrons. The predicted octanol–water partition coefficient (Wildman–Crippen LogP) is 4.26. The predicted molar refractivity (Wildman–Crippen MR) is 115 cm³/mol. The number of imide groups is 1. The fourth-order valence-corrected chi connectivity index (χ4v) is 5.66. The van der Waals surface area contributed by atoms with E-state index >= 15 is 0 Å². The zero-order valence-electron chi connectivity index (χ0n) is 18.0. The third-order valence-electron chi connectivity index (χ3n) is 6.19. The van der Waals surface area contributed by atoms with Gasteiger partial charge in [0.15, 0.2) is 0 Å². The van der Waals surface area contributed by atoms with Crippen LogP contribution in [0.15, 0.2) is 59.5 Å². The molecule has 1 heterocycles. The minimum Gasteiger partial charge on any atom is -0.446 e. The zero-order chi connectivity index (χ0) is 24.5. The molecule has 0 spiro atoms. The maximum absolute atomic E-state index is 13.1. The van der Waals surface area contributed by atoms with Crippen molar-refractivity contribution in [3.63, 3.8) is 0 Å². The molecule has 2 amide bonds. The standard InChI is InChI=1S/C23H23F3N2O5S/c24-23(25,26)17-8-12-19(13-9-17)34(31,32)27-18-10-6-16(7-11-18)21(29)28-20(14-33-22(28)30)15-4-2-1-3-5-15/h1-5,8-9,12-13,16,18,20,27H,6-7,10-11,14H2/t16?,18?,20-/m1/s1. The lowest BCUT2D eigenvalue weighted by atomic mass is 9.85. The molecule has 1 aliphatic carbocycles. The summed E-state index contributed by atoms with van der Waals surface area (Å²) in [6.07, 6.45) is -3.80. The summed E-state index contributed by atoms with van der Waals surface area (Å²) in [6, 6.07) is 11.4. The molecular weight excluding hydrogens is 473 g/mol.